The van der Waals surface area contributed by atoms with Crippen LogP contribution in [0.15, 0.2) is 37.1 Å². The second-order valence-corrected chi connectivity index (χ2v) is 5.74. The molecule has 1 fully saturated rings. The summed E-state index contributed by atoms with van der Waals surface area (Å²) in [5.74, 6) is 0.518. The quantitative estimate of drug-likeness (QED) is 0.854. The van der Waals surface area contributed by atoms with Gasteiger partial charge in [0.15, 0.2) is 0 Å². The minimum Gasteiger partial charge on any atom is -0.380 e. The van der Waals surface area contributed by atoms with Crippen molar-refractivity contribution in [3.05, 3.63) is 48.3 Å². The summed E-state index contributed by atoms with van der Waals surface area (Å²) in [6.07, 6.45) is 8.60. The summed E-state index contributed by atoms with van der Waals surface area (Å²) >= 11 is 0. The molecule has 0 aromatic carbocycles. The second kappa shape index (κ2) is 6.83. The molecule has 1 atom stereocenters. The molecular weight excluding hydrogens is 264 g/mol. The van der Waals surface area contributed by atoms with Crippen LogP contribution in [0, 0.1) is 5.92 Å². The van der Waals surface area contributed by atoms with Gasteiger partial charge in [-0.3, -0.25) is 9.88 Å². The Kier molecular flexibility index (Phi) is 4.62. The average molecular weight is 286 g/mol. The van der Waals surface area contributed by atoms with Gasteiger partial charge >= 0.3 is 0 Å². The highest BCUT2D eigenvalue weighted by Crippen LogP contribution is 2.15. The zero-order valence-electron chi connectivity index (χ0n) is 12.5. The third kappa shape index (κ3) is 3.89. The zero-order valence-corrected chi connectivity index (χ0v) is 12.5. The Balaban J connectivity index is 1.62. The third-order valence-corrected chi connectivity index (χ3v) is 3.97. The number of aromatic nitrogens is 3. The van der Waals surface area contributed by atoms with E-state index >= 15 is 0 Å². The maximum atomic E-state index is 5.77. The molecule has 112 valence electrons. The van der Waals surface area contributed by atoms with Crippen molar-refractivity contribution in [3.63, 3.8) is 0 Å². The summed E-state index contributed by atoms with van der Waals surface area (Å²) in [6.45, 7) is 4.61. The Morgan fingerprint density at radius 1 is 1.33 bits per heavy atom. The van der Waals surface area contributed by atoms with Crippen LogP contribution >= 0.6 is 0 Å². The van der Waals surface area contributed by atoms with Gasteiger partial charge in [0.25, 0.3) is 0 Å². The number of ether oxygens (including phenoxy) is 1. The van der Waals surface area contributed by atoms with Gasteiger partial charge in [0, 0.05) is 45.3 Å². The molecule has 1 saturated heterocycles. The molecule has 2 aromatic heterocycles. The van der Waals surface area contributed by atoms with Crippen LogP contribution in [-0.2, 0) is 24.8 Å². The van der Waals surface area contributed by atoms with Gasteiger partial charge in [-0.05, 0) is 24.0 Å². The lowest BCUT2D eigenvalue weighted by Gasteiger charge is -2.23. The molecule has 0 amide bonds. The Bertz CT molecular complexity index is 554. The van der Waals surface area contributed by atoms with Crippen LogP contribution in [0.3, 0.4) is 0 Å². The molecule has 3 rings (SSSR count). The van der Waals surface area contributed by atoms with Crippen LogP contribution in [0.1, 0.15) is 11.3 Å². The van der Waals surface area contributed by atoms with Crippen LogP contribution in [0.4, 0.5) is 0 Å². The molecular formula is C16H22N4O. The van der Waals surface area contributed by atoms with Crippen LogP contribution in [0.2, 0.25) is 0 Å². The topological polar surface area (TPSA) is 43.2 Å². The molecule has 21 heavy (non-hydrogen) atoms. The maximum Gasteiger partial charge on any atom is 0.0945 e. The largest absolute Gasteiger partial charge is 0.380 e. The molecule has 0 bridgehead atoms. The van der Waals surface area contributed by atoms with E-state index in [4.69, 9.17) is 4.74 Å². The fourth-order valence-electron chi connectivity index (χ4n) is 2.84. The van der Waals surface area contributed by atoms with Gasteiger partial charge in [-0.15, -0.1) is 0 Å². The molecule has 0 radical (unpaired) electrons. The molecule has 2 aromatic rings. The highest BCUT2D eigenvalue weighted by Gasteiger charge is 2.20. The number of pyridine rings is 1. The standard InChI is InChI=1S/C16H22N4O/c1-19-13-18-9-16(19)11-20-5-6-21-12-15(10-20)7-14-3-2-4-17-8-14/h2-4,8-9,13,15H,5-7,10-12H2,1H3/t15-/m0/s1. The lowest BCUT2D eigenvalue weighted by Crippen LogP contribution is -2.31. The van der Waals surface area contributed by atoms with Crippen molar-refractivity contribution >= 4 is 0 Å². The number of hydrogen-bond acceptors (Lipinski definition) is 4. The zero-order chi connectivity index (χ0) is 14.5. The van der Waals surface area contributed by atoms with E-state index in [1.54, 1.807) is 0 Å². The third-order valence-electron chi connectivity index (χ3n) is 3.97. The van der Waals surface area contributed by atoms with Crippen LogP contribution in [-0.4, -0.2) is 45.7 Å². The number of aryl methyl sites for hydroxylation is 1. The van der Waals surface area contributed by atoms with Gasteiger partial charge in [0.2, 0.25) is 0 Å². The molecule has 3 heterocycles. The number of nitrogens with zero attached hydrogens (tertiary/aromatic N) is 4. The van der Waals surface area contributed by atoms with Gasteiger partial charge in [-0.25, -0.2) is 4.98 Å². The van der Waals surface area contributed by atoms with E-state index < -0.39 is 0 Å². The Labute approximate surface area is 125 Å². The van der Waals surface area contributed by atoms with E-state index in [0.717, 1.165) is 39.3 Å². The van der Waals surface area contributed by atoms with Crippen molar-refractivity contribution in [2.24, 2.45) is 13.0 Å². The molecule has 0 saturated carbocycles. The van der Waals surface area contributed by atoms with E-state index in [2.05, 4.69) is 25.5 Å². The summed E-state index contributed by atoms with van der Waals surface area (Å²) < 4.78 is 7.86. The lowest BCUT2D eigenvalue weighted by molar-refractivity contribution is 0.121. The molecule has 0 unspecified atom stereocenters. The fraction of sp³-hybridized carbons (Fsp3) is 0.500. The van der Waals surface area contributed by atoms with Gasteiger partial charge < -0.3 is 9.30 Å². The summed E-state index contributed by atoms with van der Waals surface area (Å²) in [6, 6.07) is 4.14. The Morgan fingerprint density at radius 2 is 2.29 bits per heavy atom. The summed E-state index contributed by atoms with van der Waals surface area (Å²) in [5, 5.41) is 0. The lowest BCUT2D eigenvalue weighted by atomic mass is 10.0. The normalized spacial score (nSPS) is 20.3. The van der Waals surface area contributed by atoms with Crippen molar-refractivity contribution in [1.82, 2.24) is 19.4 Å². The van der Waals surface area contributed by atoms with Gasteiger partial charge in [0.05, 0.1) is 25.2 Å². The second-order valence-electron chi connectivity index (χ2n) is 5.74. The van der Waals surface area contributed by atoms with Crippen LogP contribution < -0.4 is 0 Å². The fourth-order valence-corrected chi connectivity index (χ4v) is 2.84. The van der Waals surface area contributed by atoms with Crippen molar-refractivity contribution < 1.29 is 4.74 Å². The van der Waals surface area contributed by atoms with E-state index in [0.29, 0.717) is 5.92 Å². The maximum absolute atomic E-state index is 5.77. The van der Waals surface area contributed by atoms with Gasteiger partial charge in [-0.1, -0.05) is 6.07 Å². The first-order valence-corrected chi connectivity index (χ1v) is 7.45. The van der Waals surface area contributed by atoms with E-state index in [9.17, 15) is 0 Å². The SMILES string of the molecule is Cn1cncc1CN1CCOC[C@@H](Cc2cccnc2)C1. The minimum absolute atomic E-state index is 0.518. The summed E-state index contributed by atoms with van der Waals surface area (Å²) in [5.41, 5.74) is 2.53. The van der Waals surface area contributed by atoms with E-state index in [-0.39, 0.29) is 0 Å². The van der Waals surface area contributed by atoms with E-state index in [1.165, 1.54) is 11.3 Å². The molecule has 0 aliphatic carbocycles. The first-order valence-electron chi connectivity index (χ1n) is 7.45. The molecule has 0 N–H and O–H groups in total. The molecule has 1 aliphatic rings. The highest BCUT2D eigenvalue weighted by atomic mass is 16.5. The van der Waals surface area contributed by atoms with Crippen molar-refractivity contribution in [2.75, 3.05) is 26.3 Å². The van der Waals surface area contributed by atoms with Crippen molar-refractivity contribution in [3.8, 4) is 0 Å². The summed E-state index contributed by atoms with van der Waals surface area (Å²) in [4.78, 5) is 10.9. The van der Waals surface area contributed by atoms with Gasteiger partial charge in [-0.2, -0.15) is 0 Å². The predicted octanol–water partition coefficient (Wildman–Crippen LogP) is 1.51. The Hall–Kier alpha value is -1.72. The smallest absolute Gasteiger partial charge is 0.0945 e. The first-order chi connectivity index (χ1) is 10.3. The molecule has 5 nitrogen and oxygen atoms in total. The minimum atomic E-state index is 0.518. The molecule has 5 heteroatoms. The first kappa shape index (κ1) is 14.2. The molecule has 1 aliphatic heterocycles. The highest BCUT2D eigenvalue weighted by molar-refractivity contribution is 5.09. The van der Waals surface area contributed by atoms with Crippen molar-refractivity contribution in [1.29, 1.82) is 0 Å². The summed E-state index contributed by atoms with van der Waals surface area (Å²) in [7, 11) is 2.05. The predicted molar refractivity (Wildman–Crippen MR) is 80.7 cm³/mol. The van der Waals surface area contributed by atoms with E-state index in [1.807, 2.05) is 38.0 Å². The number of imidazole rings is 1. The average Bonchev–Trinajstić information content (AvgIpc) is 2.76. The van der Waals surface area contributed by atoms with Gasteiger partial charge in [0.1, 0.15) is 0 Å². The van der Waals surface area contributed by atoms with Crippen LogP contribution in [0.25, 0.3) is 0 Å². The number of rotatable bonds is 4. The number of hydrogen-bond donors (Lipinski definition) is 0. The monoisotopic (exact) mass is 286 g/mol. The molecule has 0 spiro atoms. The van der Waals surface area contributed by atoms with Crippen LogP contribution in [0.5, 0.6) is 0 Å². The Morgan fingerprint density at radius 3 is 3.05 bits per heavy atom. The van der Waals surface area contributed by atoms with Crippen molar-refractivity contribution in [2.45, 2.75) is 13.0 Å².